The Morgan fingerprint density at radius 3 is 2.47 bits per heavy atom. The second-order valence-electron chi connectivity index (χ2n) is 3.56. The number of amides is 2. The van der Waals surface area contributed by atoms with Crippen molar-refractivity contribution >= 4 is 17.5 Å². The first-order valence-corrected chi connectivity index (χ1v) is 4.93. The van der Waals surface area contributed by atoms with Crippen molar-refractivity contribution in [2.24, 2.45) is 5.73 Å². The Bertz CT molecular complexity index is 533. The molecule has 17 heavy (non-hydrogen) atoms. The van der Waals surface area contributed by atoms with Gasteiger partial charge < -0.3 is 16.0 Å². The van der Waals surface area contributed by atoms with Crippen molar-refractivity contribution in [2.45, 2.75) is 0 Å². The summed E-state index contributed by atoms with van der Waals surface area (Å²) in [6.07, 6.45) is 0. The number of carbonyl (C=O) groups is 1. The second-order valence-corrected chi connectivity index (χ2v) is 3.56. The first kappa shape index (κ1) is 11.0. The van der Waals surface area contributed by atoms with E-state index in [4.69, 9.17) is 16.0 Å². The van der Waals surface area contributed by atoms with Gasteiger partial charge in [0.2, 0.25) is 0 Å². The molecule has 0 aliphatic carbocycles. The van der Waals surface area contributed by atoms with Crippen LogP contribution in [0.2, 0.25) is 0 Å². The van der Waals surface area contributed by atoms with Crippen molar-refractivity contribution in [1.82, 2.24) is 5.16 Å². The van der Waals surface area contributed by atoms with Crippen LogP contribution < -0.4 is 16.4 Å². The molecule has 0 fully saturated rings. The molecule has 1 heterocycles. The molecule has 0 atom stereocenters. The summed E-state index contributed by atoms with van der Waals surface area (Å²) in [5.41, 5.74) is 12.2. The summed E-state index contributed by atoms with van der Waals surface area (Å²) in [5.74, 6) is 0.911. The summed E-state index contributed by atoms with van der Waals surface area (Å²) in [5, 5.41) is 3.60. The van der Waals surface area contributed by atoms with E-state index < -0.39 is 6.03 Å². The second kappa shape index (κ2) is 4.17. The molecule has 0 aliphatic heterocycles. The molecule has 1 aromatic carbocycles. The summed E-state index contributed by atoms with van der Waals surface area (Å²) in [4.78, 5) is 12.3. The molecule has 0 bridgehead atoms. The minimum absolute atomic E-state index is 0.332. The Balaban J connectivity index is 2.27. The van der Waals surface area contributed by atoms with Crippen molar-refractivity contribution in [2.75, 3.05) is 17.7 Å². The van der Waals surface area contributed by atoms with Gasteiger partial charge in [0, 0.05) is 24.4 Å². The summed E-state index contributed by atoms with van der Waals surface area (Å²) >= 11 is 0. The number of aromatic nitrogens is 1. The van der Waals surface area contributed by atoms with Crippen LogP contribution >= 0.6 is 0 Å². The fraction of sp³-hybridized carbons (Fsp3) is 0.0909. The van der Waals surface area contributed by atoms with Gasteiger partial charge >= 0.3 is 6.03 Å². The highest BCUT2D eigenvalue weighted by Gasteiger charge is 2.08. The highest BCUT2D eigenvalue weighted by Crippen LogP contribution is 2.23. The molecule has 2 rings (SSSR count). The van der Waals surface area contributed by atoms with E-state index in [-0.39, 0.29) is 0 Å². The molecule has 0 saturated carbocycles. The third kappa shape index (κ3) is 2.20. The molecule has 4 N–H and O–H groups in total. The number of anilines is 2. The van der Waals surface area contributed by atoms with Gasteiger partial charge in [0.1, 0.15) is 0 Å². The lowest BCUT2D eigenvalue weighted by atomic mass is 10.1. The first-order chi connectivity index (χ1) is 8.08. The molecule has 0 unspecified atom stereocenters. The largest absolute Gasteiger partial charge is 0.381 e. The normalized spacial score (nSPS) is 10.2. The van der Waals surface area contributed by atoms with Crippen LogP contribution in [0.4, 0.5) is 16.3 Å². The maximum atomic E-state index is 11.0. The number of nitrogens with two attached hydrogens (primary N) is 2. The van der Waals surface area contributed by atoms with Gasteiger partial charge in [-0.2, -0.15) is 0 Å². The van der Waals surface area contributed by atoms with Gasteiger partial charge in [0.15, 0.2) is 11.6 Å². The number of nitrogens with zero attached hydrogens (tertiary/aromatic N) is 2. The average molecular weight is 232 g/mol. The Morgan fingerprint density at radius 2 is 2.00 bits per heavy atom. The Kier molecular flexibility index (Phi) is 2.70. The SMILES string of the molecule is CN(C(N)=O)c1ccc(-c2cc(N)no2)cc1. The highest BCUT2D eigenvalue weighted by atomic mass is 16.5. The standard InChI is InChI=1S/C11H12N4O2/c1-15(11(13)16)8-4-2-7(3-5-8)9-6-10(12)14-17-9/h2-6H,1H3,(H2,12,14)(H2,13,16). The van der Waals surface area contributed by atoms with Crippen LogP contribution in [-0.4, -0.2) is 18.2 Å². The smallest absolute Gasteiger partial charge is 0.318 e. The van der Waals surface area contributed by atoms with Gasteiger partial charge in [-0.1, -0.05) is 5.16 Å². The number of urea groups is 1. The number of carbonyl (C=O) groups excluding carboxylic acids is 1. The maximum absolute atomic E-state index is 11.0. The molecule has 88 valence electrons. The molecule has 0 saturated heterocycles. The Hall–Kier alpha value is -2.50. The van der Waals surface area contributed by atoms with E-state index >= 15 is 0 Å². The van der Waals surface area contributed by atoms with E-state index in [1.165, 1.54) is 4.90 Å². The zero-order valence-electron chi connectivity index (χ0n) is 9.25. The van der Waals surface area contributed by atoms with Crippen LogP contribution in [0.15, 0.2) is 34.9 Å². The lowest BCUT2D eigenvalue weighted by Crippen LogP contribution is -2.31. The van der Waals surface area contributed by atoms with Gasteiger partial charge in [0.05, 0.1) is 0 Å². The van der Waals surface area contributed by atoms with E-state index in [2.05, 4.69) is 5.16 Å². The number of primary amides is 1. The van der Waals surface area contributed by atoms with Crippen LogP contribution in [0.3, 0.4) is 0 Å². The first-order valence-electron chi connectivity index (χ1n) is 4.93. The van der Waals surface area contributed by atoms with Crippen molar-refractivity contribution in [3.63, 3.8) is 0 Å². The van der Waals surface area contributed by atoms with E-state index in [0.717, 1.165) is 5.56 Å². The average Bonchev–Trinajstić information content (AvgIpc) is 2.75. The fourth-order valence-electron chi connectivity index (χ4n) is 1.40. The van der Waals surface area contributed by atoms with Gasteiger partial charge in [-0.25, -0.2) is 4.79 Å². The number of benzene rings is 1. The molecular weight excluding hydrogens is 220 g/mol. The molecule has 0 spiro atoms. The number of nitrogen functional groups attached to an aromatic ring is 1. The molecule has 0 aliphatic rings. The third-order valence-electron chi connectivity index (χ3n) is 2.40. The van der Waals surface area contributed by atoms with Crippen LogP contribution in [-0.2, 0) is 0 Å². The van der Waals surface area contributed by atoms with Gasteiger partial charge in [-0.15, -0.1) is 0 Å². The van der Waals surface area contributed by atoms with E-state index in [9.17, 15) is 4.79 Å². The zero-order valence-corrected chi connectivity index (χ0v) is 9.25. The fourth-order valence-corrected chi connectivity index (χ4v) is 1.40. The molecule has 1 aromatic heterocycles. The number of hydrogen-bond donors (Lipinski definition) is 2. The van der Waals surface area contributed by atoms with Crippen LogP contribution in [0.25, 0.3) is 11.3 Å². The molecule has 2 amide bonds. The van der Waals surface area contributed by atoms with Crippen LogP contribution in [0.5, 0.6) is 0 Å². The van der Waals surface area contributed by atoms with Gasteiger partial charge in [0.25, 0.3) is 0 Å². The van der Waals surface area contributed by atoms with E-state index in [0.29, 0.717) is 17.3 Å². The number of hydrogen-bond acceptors (Lipinski definition) is 4. The Morgan fingerprint density at radius 1 is 1.35 bits per heavy atom. The monoisotopic (exact) mass is 232 g/mol. The molecular formula is C11H12N4O2. The van der Waals surface area contributed by atoms with Crippen LogP contribution in [0.1, 0.15) is 0 Å². The lowest BCUT2D eigenvalue weighted by molar-refractivity contribution is 0.255. The van der Waals surface area contributed by atoms with E-state index in [1.54, 1.807) is 37.4 Å². The van der Waals surface area contributed by atoms with Gasteiger partial charge in [-0.05, 0) is 24.3 Å². The summed E-state index contributed by atoms with van der Waals surface area (Å²) < 4.78 is 5.02. The molecule has 0 radical (unpaired) electrons. The number of rotatable bonds is 2. The maximum Gasteiger partial charge on any atom is 0.318 e. The van der Waals surface area contributed by atoms with Gasteiger partial charge in [-0.3, -0.25) is 4.90 Å². The summed E-state index contributed by atoms with van der Waals surface area (Å²) in [6.45, 7) is 0. The topological polar surface area (TPSA) is 98.4 Å². The zero-order chi connectivity index (χ0) is 12.4. The molecule has 6 heteroatoms. The van der Waals surface area contributed by atoms with E-state index in [1.807, 2.05) is 0 Å². The molecule has 2 aromatic rings. The van der Waals surface area contributed by atoms with Crippen LogP contribution in [0, 0.1) is 0 Å². The quantitative estimate of drug-likeness (QED) is 0.818. The van der Waals surface area contributed by atoms with Crippen molar-refractivity contribution in [3.05, 3.63) is 30.3 Å². The highest BCUT2D eigenvalue weighted by molar-refractivity contribution is 5.90. The predicted molar refractivity (Wildman–Crippen MR) is 64.3 cm³/mol. The minimum Gasteiger partial charge on any atom is -0.381 e. The summed E-state index contributed by atoms with van der Waals surface area (Å²) in [7, 11) is 1.60. The van der Waals surface area contributed by atoms with Crippen molar-refractivity contribution in [3.8, 4) is 11.3 Å². The Labute approximate surface area is 97.8 Å². The third-order valence-corrected chi connectivity index (χ3v) is 2.40. The minimum atomic E-state index is -0.512. The predicted octanol–water partition coefficient (Wildman–Crippen LogP) is 1.44. The summed E-state index contributed by atoms with van der Waals surface area (Å²) in [6, 6.07) is 8.25. The molecule has 6 nitrogen and oxygen atoms in total. The lowest BCUT2D eigenvalue weighted by Gasteiger charge is -2.13. The van der Waals surface area contributed by atoms with Crippen molar-refractivity contribution < 1.29 is 9.32 Å². The van der Waals surface area contributed by atoms with Crippen molar-refractivity contribution in [1.29, 1.82) is 0 Å².